The van der Waals surface area contributed by atoms with E-state index in [1.807, 2.05) is 37.4 Å². The molecule has 0 bridgehead atoms. The van der Waals surface area contributed by atoms with Crippen molar-refractivity contribution in [2.75, 3.05) is 11.9 Å². The summed E-state index contributed by atoms with van der Waals surface area (Å²) in [6.45, 7) is 4.27. The normalized spacial score (nSPS) is 13.1. The molecule has 2 aromatic heterocycles. The molecule has 0 amide bonds. The van der Waals surface area contributed by atoms with Gasteiger partial charge in [-0.1, -0.05) is 6.07 Å². The lowest BCUT2D eigenvalue weighted by Crippen LogP contribution is -2.06. The fraction of sp³-hybridized carbons (Fsp3) is 0.333. The van der Waals surface area contributed by atoms with Gasteiger partial charge in [-0.05, 0) is 68.7 Å². The number of ether oxygens (including phenoxy) is 1. The molecule has 2 heterocycles. The van der Waals surface area contributed by atoms with Crippen molar-refractivity contribution in [3.63, 3.8) is 0 Å². The number of rotatable bonds is 8. The second-order valence-electron chi connectivity index (χ2n) is 7.61. The highest BCUT2D eigenvalue weighted by atomic mass is 16.5. The predicted octanol–water partition coefficient (Wildman–Crippen LogP) is 4.96. The SMILES string of the molecule is CCOC(=O)CCc1cccc(-c2cc(C)cc(Nc3nccc(C4CC4)n3)c2)n1. The van der Waals surface area contributed by atoms with Crippen LogP contribution in [0.5, 0.6) is 0 Å². The van der Waals surface area contributed by atoms with E-state index >= 15 is 0 Å². The van der Waals surface area contributed by atoms with E-state index < -0.39 is 0 Å². The van der Waals surface area contributed by atoms with Crippen LogP contribution in [0.1, 0.15) is 49.1 Å². The first kappa shape index (κ1) is 20.0. The maximum Gasteiger partial charge on any atom is 0.306 e. The average molecular weight is 402 g/mol. The van der Waals surface area contributed by atoms with Gasteiger partial charge in [0.1, 0.15) is 0 Å². The van der Waals surface area contributed by atoms with Gasteiger partial charge in [0.25, 0.3) is 0 Å². The van der Waals surface area contributed by atoms with Crippen LogP contribution >= 0.6 is 0 Å². The molecule has 1 aliphatic carbocycles. The van der Waals surface area contributed by atoms with Crippen LogP contribution in [0.25, 0.3) is 11.3 Å². The molecular formula is C24H26N4O2. The summed E-state index contributed by atoms with van der Waals surface area (Å²) in [4.78, 5) is 25.4. The summed E-state index contributed by atoms with van der Waals surface area (Å²) in [5.74, 6) is 1.01. The van der Waals surface area contributed by atoms with Gasteiger partial charge in [0.05, 0.1) is 18.7 Å². The summed E-state index contributed by atoms with van der Waals surface area (Å²) in [5, 5.41) is 3.34. The average Bonchev–Trinajstić information content (AvgIpc) is 3.58. The van der Waals surface area contributed by atoms with Gasteiger partial charge in [0.2, 0.25) is 5.95 Å². The van der Waals surface area contributed by atoms with E-state index in [-0.39, 0.29) is 5.97 Å². The van der Waals surface area contributed by atoms with Gasteiger partial charge in [-0.2, -0.15) is 0 Å². The quantitative estimate of drug-likeness (QED) is 0.537. The molecule has 4 rings (SSSR count). The van der Waals surface area contributed by atoms with Crippen molar-refractivity contribution in [3.8, 4) is 11.3 Å². The summed E-state index contributed by atoms with van der Waals surface area (Å²) in [5.41, 5.74) is 5.90. The van der Waals surface area contributed by atoms with E-state index in [1.54, 1.807) is 0 Å². The van der Waals surface area contributed by atoms with Gasteiger partial charge in [-0.25, -0.2) is 9.97 Å². The van der Waals surface area contributed by atoms with Crippen LogP contribution in [-0.2, 0) is 16.0 Å². The zero-order valence-electron chi connectivity index (χ0n) is 17.4. The van der Waals surface area contributed by atoms with Crippen molar-refractivity contribution < 1.29 is 9.53 Å². The first-order chi connectivity index (χ1) is 14.6. The van der Waals surface area contributed by atoms with Gasteiger partial charge < -0.3 is 10.1 Å². The van der Waals surface area contributed by atoms with Gasteiger partial charge in [-0.15, -0.1) is 0 Å². The third-order valence-electron chi connectivity index (χ3n) is 5.00. The minimum absolute atomic E-state index is 0.194. The van der Waals surface area contributed by atoms with E-state index in [0.717, 1.165) is 33.9 Å². The van der Waals surface area contributed by atoms with E-state index in [0.29, 0.717) is 31.3 Å². The maximum absolute atomic E-state index is 11.6. The molecule has 0 radical (unpaired) electrons. The highest BCUT2D eigenvalue weighted by molar-refractivity contribution is 5.70. The van der Waals surface area contributed by atoms with Crippen LogP contribution in [0.3, 0.4) is 0 Å². The lowest BCUT2D eigenvalue weighted by atomic mass is 10.1. The van der Waals surface area contributed by atoms with Crippen LogP contribution in [0.15, 0.2) is 48.7 Å². The summed E-state index contributed by atoms with van der Waals surface area (Å²) in [6, 6.07) is 14.1. The molecular weight excluding hydrogens is 376 g/mol. The molecule has 0 saturated heterocycles. The Morgan fingerprint density at radius 3 is 2.83 bits per heavy atom. The Morgan fingerprint density at radius 1 is 1.17 bits per heavy atom. The van der Waals surface area contributed by atoms with Crippen LogP contribution in [-0.4, -0.2) is 27.5 Å². The Bertz CT molecular complexity index is 1050. The third kappa shape index (κ3) is 5.20. The van der Waals surface area contributed by atoms with E-state index in [4.69, 9.17) is 9.72 Å². The minimum atomic E-state index is -0.194. The number of nitrogens with one attached hydrogen (secondary N) is 1. The van der Waals surface area contributed by atoms with Gasteiger partial charge in [0, 0.05) is 41.2 Å². The van der Waals surface area contributed by atoms with Crippen molar-refractivity contribution in [3.05, 3.63) is 65.6 Å². The fourth-order valence-electron chi connectivity index (χ4n) is 3.41. The molecule has 30 heavy (non-hydrogen) atoms. The highest BCUT2D eigenvalue weighted by Crippen LogP contribution is 2.39. The van der Waals surface area contributed by atoms with Crippen LogP contribution in [0, 0.1) is 6.92 Å². The fourth-order valence-corrected chi connectivity index (χ4v) is 3.41. The number of pyridine rings is 1. The molecule has 1 fully saturated rings. The molecule has 1 N–H and O–H groups in total. The van der Waals surface area contributed by atoms with Crippen molar-refractivity contribution >= 4 is 17.6 Å². The molecule has 0 unspecified atom stereocenters. The Balaban J connectivity index is 1.52. The topological polar surface area (TPSA) is 77.0 Å². The van der Waals surface area contributed by atoms with Crippen molar-refractivity contribution in [2.24, 2.45) is 0 Å². The first-order valence-corrected chi connectivity index (χ1v) is 10.4. The molecule has 154 valence electrons. The molecule has 0 atom stereocenters. The van der Waals surface area contributed by atoms with Gasteiger partial charge >= 0.3 is 5.97 Å². The molecule has 1 aromatic carbocycles. The molecule has 0 spiro atoms. The Kier molecular flexibility index (Phi) is 6.02. The number of nitrogens with zero attached hydrogens (tertiary/aromatic N) is 3. The monoisotopic (exact) mass is 402 g/mol. The standard InChI is InChI=1S/C24H26N4O2/c1-3-30-23(29)10-9-19-5-4-6-21(26-19)18-13-16(2)14-20(15-18)27-24-25-12-11-22(28-24)17-7-8-17/h4-6,11-15,17H,3,7-10H2,1-2H3,(H,25,27,28). The largest absolute Gasteiger partial charge is 0.466 e. The van der Waals surface area contributed by atoms with E-state index in [2.05, 4.69) is 40.4 Å². The van der Waals surface area contributed by atoms with Crippen LogP contribution in [0.2, 0.25) is 0 Å². The molecule has 0 aliphatic heterocycles. The van der Waals surface area contributed by atoms with Crippen molar-refractivity contribution in [1.82, 2.24) is 15.0 Å². The third-order valence-corrected chi connectivity index (χ3v) is 5.00. The van der Waals surface area contributed by atoms with Gasteiger partial charge in [0.15, 0.2) is 0 Å². The lowest BCUT2D eigenvalue weighted by Gasteiger charge is -2.11. The van der Waals surface area contributed by atoms with Crippen molar-refractivity contribution in [2.45, 2.75) is 45.4 Å². The predicted molar refractivity (Wildman–Crippen MR) is 117 cm³/mol. The highest BCUT2D eigenvalue weighted by Gasteiger charge is 2.25. The second kappa shape index (κ2) is 9.03. The lowest BCUT2D eigenvalue weighted by molar-refractivity contribution is -0.143. The van der Waals surface area contributed by atoms with Gasteiger partial charge in [-0.3, -0.25) is 9.78 Å². The summed E-state index contributed by atoms with van der Waals surface area (Å²) >= 11 is 0. The Morgan fingerprint density at radius 2 is 2.03 bits per heavy atom. The first-order valence-electron chi connectivity index (χ1n) is 10.4. The molecule has 6 nitrogen and oxygen atoms in total. The Labute approximate surface area is 176 Å². The number of esters is 1. The molecule has 6 heteroatoms. The number of hydrogen-bond acceptors (Lipinski definition) is 6. The summed E-state index contributed by atoms with van der Waals surface area (Å²) in [7, 11) is 0. The number of carbonyl (C=O) groups is 1. The van der Waals surface area contributed by atoms with E-state index in [9.17, 15) is 4.79 Å². The van der Waals surface area contributed by atoms with Crippen molar-refractivity contribution in [1.29, 1.82) is 0 Å². The maximum atomic E-state index is 11.6. The van der Waals surface area contributed by atoms with E-state index in [1.165, 1.54) is 12.8 Å². The summed E-state index contributed by atoms with van der Waals surface area (Å²) < 4.78 is 5.01. The number of carbonyl (C=O) groups excluding carboxylic acids is 1. The van der Waals surface area contributed by atoms with Crippen LogP contribution < -0.4 is 5.32 Å². The zero-order chi connectivity index (χ0) is 20.9. The number of hydrogen-bond donors (Lipinski definition) is 1. The van der Waals surface area contributed by atoms with Crippen LogP contribution in [0.4, 0.5) is 11.6 Å². The number of aromatic nitrogens is 3. The smallest absolute Gasteiger partial charge is 0.306 e. The molecule has 1 saturated carbocycles. The number of aryl methyl sites for hydroxylation is 2. The summed E-state index contributed by atoms with van der Waals surface area (Å²) in [6.07, 6.45) is 5.13. The Hall–Kier alpha value is -3.28. The minimum Gasteiger partial charge on any atom is -0.466 e. The number of anilines is 2. The molecule has 1 aliphatic rings. The number of benzene rings is 1. The molecule has 3 aromatic rings. The second-order valence-corrected chi connectivity index (χ2v) is 7.61. The zero-order valence-corrected chi connectivity index (χ0v) is 17.4.